The van der Waals surface area contributed by atoms with E-state index < -0.39 is 5.60 Å². The Morgan fingerprint density at radius 1 is 1.35 bits per heavy atom. The molecule has 23 heavy (non-hydrogen) atoms. The maximum atomic E-state index is 12.1. The Hall–Kier alpha value is -1.07. The van der Waals surface area contributed by atoms with Crippen molar-refractivity contribution < 1.29 is 9.53 Å². The van der Waals surface area contributed by atoms with Crippen LogP contribution in [0.4, 0.5) is 4.79 Å². The first-order valence-corrected chi connectivity index (χ1v) is 9.03. The Kier molecular flexibility index (Phi) is 6.09. The molecule has 0 bridgehead atoms. The summed E-state index contributed by atoms with van der Waals surface area (Å²) in [6.45, 7) is 9.38. The van der Waals surface area contributed by atoms with Crippen molar-refractivity contribution in [1.82, 2.24) is 10.2 Å². The van der Waals surface area contributed by atoms with Crippen LogP contribution in [0.5, 0.6) is 0 Å². The van der Waals surface area contributed by atoms with Gasteiger partial charge in [0.2, 0.25) is 0 Å². The Labute approximate surface area is 147 Å². The van der Waals surface area contributed by atoms with E-state index in [4.69, 9.17) is 4.74 Å². The van der Waals surface area contributed by atoms with Gasteiger partial charge in [-0.15, -0.1) is 0 Å². The predicted molar refractivity (Wildman–Crippen MR) is 96.5 cm³/mol. The topological polar surface area (TPSA) is 41.6 Å². The van der Waals surface area contributed by atoms with Crippen LogP contribution in [0.3, 0.4) is 0 Å². The minimum Gasteiger partial charge on any atom is -0.444 e. The molecule has 2 rings (SSSR count). The molecule has 1 amide bonds. The summed E-state index contributed by atoms with van der Waals surface area (Å²) >= 11 is 3.52. The molecule has 1 aromatic rings. The lowest BCUT2D eigenvalue weighted by Crippen LogP contribution is -2.46. The monoisotopic (exact) mass is 382 g/mol. The number of hydrogen-bond acceptors (Lipinski definition) is 3. The Morgan fingerprint density at radius 3 is 2.57 bits per heavy atom. The molecule has 0 spiro atoms. The fourth-order valence-electron chi connectivity index (χ4n) is 2.78. The predicted octanol–water partition coefficient (Wildman–Crippen LogP) is 4.50. The summed E-state index contributed by atoms with van der Waals surface area (Å²) in [6.07, 6.45) is 1.71. The first kappa shape index (κ1) is 18.3. The molecule has 1 atom stereocenters. The summed E-state index contributed by atoms with van der Waals surface area (Å²) in [7, 11) is 0. The van der Waals surface area contributed by atoms with Crippen molar-refractivity contribution in [1.29, 1.82) is 0 Å². The summed E-state index contributed by atoms with van der Waals surface area (Å²) in [5, 5.41) is 3.67. The number of carbonyl (C=O) groups is 1. The molecular weight excluding hydrogens is 356 g/mol. The molecule has 4 nitrogen and oxygen atoms in total. The third-order valence-electron chi connectivity index (χ3n) is 3.98. The Morgan fingerprint density at radius 2 is 2.00 bits per heavy atom. The average Bonchev–Trinajstić information content (AvgIpc) is 2.46. The zero-order valence-electron chi connectivity index (χ0n) is 14.4. The van der Waals surface area contributed by atoms with Gasteiger partial charge in [-0.3, -0.25) is 0 Å². The van der Waals surface area contributed by atoms with E-state index >= 15 is 0 Å². The van der Waals surface area contributed by atoms with Gasteiger partial charge in [0.05, 0.1) is 0 Å². The van der Waals surface area contributed by atoms with Crippen LogP contribution in [0, 0.1) is 0 Å². The number of nitrogens with zero attached hydrogens (tertiary/aromatic N) is 1. The number of likely N-dealkylation sites (tertiary alicyclic amines) is 1. The Balaban J connectivity index is 1.81. The molecule has 1 fully saturated rings. The quantitative estimate of drug-likeness (QED) is 0.836. The van der Waals surface area contributed by atoms with Gasteiger partial charge in [-0.2, -0.15) is 0 Å². The van der Waals surface area contributed by atoms with E-state index in [0.717, 1.165) is 30.4 Å². The highest BCUT2D eigenvalue weighted by Crippen LogP contribution is 2.21. The van der Waals surface area contributed by atoms with Gasteiger partial charge in [0, 0.05) is 29.6 Å². The Bertz CT molecular complexity index is 534. The van der Waals surface area contributed by atoms with Gasteiger partial charge >= 0.3 is 6.09 Å². The summed E-state index contributed by atoms with van der Waals surface area (Å²) in [6, 6.07) is 9.11. The standard InChI is InChI=1S/C18H27BrN2O2/c1-13(14-6-5-7-15(19)12-14)20-16-8-10-21(11-9-16)17(22)23-18(2,3)4/h5-7,12-13,16,20H,8-11H2,1-4H3. The van der Waals surface area contributed by atoms with Crippen molar-refractivity contribution in [3.05, 3.63) is 34.3 Å². The summed E-state index contributed by atoms with van der Waals surface area (Å²) < 4.78 is 6.54. The van der Waals surface area contributed by atoms with Crippen molar-refractivity contribution in [2.75, 3.05) is 13.1 Å². The highest BCUT2D eigenvalue weighted by Gasteiger charge is 2.27. The fraction of sp³-hybridized carbons (Fsp3) is 0.611. The van der Waals surface area contributed by atoms with Crippen LogP contribution in [0.1, 0.15) is 52.1 Å². The number of piperidine rings is 1. The van der Waals surface area contributed by atoms with E-state index in [-0.39, 0.29) is 6.09 Å². The number of rotatable bonds is 3. The van der Waals surface area contributed by atoms with Gasteiger partial charge in [0.25, 0.3) is 0 Å². The number of hydrogen-bond donors (Lipinski definition) is 1. The van der Waals surface area contributed by atoms with E-state index in [1.165, 1.54) is 5.56 Å². The molecule has 0 radical (unpaired) electrons. The summed E-state index contributed by atoms with van der Waals surface area (Å²) in [5.41, 5.74) is 0.843. The van der Waals surface area contributed by atoms with Crippen molar-refractivity contribution in [2.45, 2.75) is 58.2 Å². The number of nitrogens with one attached hydrogen (secondary N) is 1. The second-order valence-electron chi connectivity index (χ2n) is 7.19. The average molecular weight is 383 g/mol. The summed E-state index contributed by atoms with van der Waals surface area (Å²) in [5.74, 6) is 0. The highest BCUT2D eigenvalue weighted by molar-refractivity contribution is 9.10. The lowest BCUT2D eigenvalue weighted by Gasteiger charge is -2.35. The van der Waals surface area contributed by atoms with Crippen molar-refractivity contribution in [2.24, 2.45) is 0 Å². The second kappa shape index (κ2) is 7.67. The van der Waals surface area contributed by atoms with Gasteiger partial charge in [-0.1, -0.05) is 28.1 Å². The molecule has 1 heterocycles. The lowest BCUT2D eigenvalue weighted by molar-refractivity contribution is 0.0196. The van der Waals surface area contributed by atoms with Crippen LogP contribution in [-0.2, 0) is 4.74 Å². The lowest BCUT2D eigenvalue weighted by atomic mass is 10.0. The van der Waals surface area contributed by atoms with Gasteiger partial charge in [-0.05, 0) is 58.2 Å². The minimum atomic E-state index is -0.429. The van der Waals surface area contributed by atoms with Crippen molar-refractivity contribution in [3.8, 4) is 0 Å². The largest absolute Gasteiger partial charge is 0.444 e. The van der Waals surface area contributed by atoms with Gasteiger partial charge in [0.15, 0.2) is 0 Å². The third kappa shape index (κ3) is 5.81. The SMILES string of the molecule is CC(NC1CCN(C(=O)OC(C)(C)C)CC1)c1cccc(Br)c1. The normalized spacial score (nSPS) is 17.9. The highest BCUT2D eigenvalue weighted by atomic mass is 79.9. The molecule has 5 heteroatoms. The van der Waals surface area contributed by atoms with Crippen LogP contribution in [0.15, 0.2) is 28.7 Å². The summed E-state index contributed by atoms with van der Waals surface area (Å²) in [4.78, 5) is 13.9. The molecule has 128 valence electrons. The molecule has 1 aliphatic heterocycles. The van der Waals surface area contributed by atoms with Gasteiger partial charge in [-0.25, -0.2) is 4.79 Å². The van der Waals surface area contributed by atoms with E-state index in [9.17, 15) is 4.79 Å². The van der Waals surface area contributed by atoms with Gasteiger partial charge in [0.1, 0.15) is 5.60 Å². The van der Waals surface area contributed by atoms with Crippen LogP contribution >= 0.6 is 15.9 Å². The molecular formula is C18H27BrN2O2. The molecule has 1 aliphatic rings. The number of amides is 1. The van der Waals surface area contributed by atoms with Crippen LogP contribution < -0.4 is 5.32 Å². The zero-order chi connectivity index (χ0) is 17.0. The van der Waals surface area contributed by atoms with E-state index in [1.807, 2.05) is 31.7 Å². The second-order valence-corrected chi connectivity index (χ2v) is 8.10. The first-order valence-electron chi connectivity index (χ1n) is 8.24. The van der Waals surface area contributed by atoms with E-state index in [2.05, 4.69) is 46.4 Å². The van der Waals surface area contributed by atoms with Gasteiger partial charge < -0.3 is 15.0 Å². The van der Waals surface area contributed by atoms with Crippen LogP contribution in [0.2, 0.25) is 0 Å². The molecule has 1 aromatic carbocycles. The number of ether oxygens (including phenoxy) is 1. The number of halogens is 1. The number of carbonyl (C=O) groups excluding carboxylic acids is 1. The maximum Gasteiger partial charge on any atom is 0.410 e. The maximum absolute atomic E-state index is 12.1. The molecule has 1 saturated heterocycles. The van der Waals surface area contributed by atoms with Crippen molar-refractivity contribution in [3.63, 3.8) is 0 Å². The molecule has 1 unspecified atom stereocenters. The molecule has 0 aromatic heterocycles. The fourth-order valence-corrected chi connectivity index (χ4v) is 3.20. The van der Waals surface area contributed by atoms with Crippen LogP contribution in [0.25, 0.3) is 0 Å². The number of benzene rings is 1. The first-order chi connectivity index (χ1) is 10.7. The van der Waals surface area contributed by atoms with E-state index in [1.54, 1.807) is 0 Å². The zero-order valence-corrected chi connectivity index (χ0v) is 16.0. The molecule has 0 aliphatic carbocycles. The minimum absolute atomic E-state index is 0.198. The van der Waals surface area contributed by atoms with E-state index in [0.29, 0.717) is 12.1 Å². The molecule has 1 N–H and O–H groups in total. The molecule has 0 saturated carbocycles. The smallest absolute Gasteiger partial charge is 0.410 e. The third-order valence-corrected chi connectivity index (χ3v) is 4.47. The van der Waals surface area contributed by atoms with Crippen molar-refractivity contribution >= 4 is 22.0 Å². The van der Waals surface area contributed by atoms with Crippen LogP contribution in [-0.4, -0.2) is 35.7 Å².